The van der Waals surface area contributed by atoms with Crippen molar-refractivity contribution < 1.29 is 23.5 Å². The van der Waals surface area contributed by atoms with E-state index in [1.165, 1.54) is 25.3 Å². The molecule has 7 nitrogen and oxygen atoms in total. The van der Waals surface area contributed by atoms with Crippen LogP contribution >= 0.6 is 11.6 Å². The van der Waals surface area contributed by atoms with Gasteiger partial charge in [0, 0.05) is 36.2 Å². The molecule has 0 atom stereocenters. The summed E-state index contributed by atoms with van der Waals surface area (Å²) in [6, 6.07) is 12.9. The van der Waals surface area contributed by atoms with Crippen LogP contribution in [0.15, 0.2) is 63.8 Å². The number of hydrogen-bond acceptors (Lipinski definition) is 6. The van der Waals surface area contributed by atoms with Gasteiger partial charge in [-0.2, -0.15) is 0 Å². The number of amides is 1. The van der Waals surface area contributed by atoms with Gasteiger partial charge in [-0.15, -0.1) is 0 Å². The van der Waals surface area contributed by atoms with Crippen molar-refractivity contribution in [3.8, 4) is 5.75 Å². The van der Waals surface area contributed by atoms with Crippen LogP contribution in [0.5, 0.6) is 5.75 Å². The fourth-order valence-corrected chi connectivity index (χ4v) is 2.69. The van der Waals surface area contributed by atoms with Gasteiger partial charge in [-0.3, -0.25) is 4.79 Å². The second-order valence-corrected chi connectivity index (χ2v) is 6.64. The maximum Gasteiger partial charge on any atom is 0.349 e. The van der Waals surface area contributed by atoms with Gasteiger partial charge < -0.3 is 19.2 Å². The molecule has 2 aromatic carbocycles. The van der Waals surface area contributed by atoms with Crippen LogP contribution in [0, 0.1) is 0 Å². The zero-order chi connectivity index (χ0) is 21.5. The lowest BCUT2D eigenvalue weighted by Crippen LogP contribution is -2.30. The average Bonchev–Trinajstić information content (AvgIpc) is 2.73. The highest BCUT2D eigenvalue weighted by atomic mass is 35.5. The molecular formula is C22H18ClNO6. The maximum absolute atomic E-state index is 12.1. The number of carbonyl (C=O) groups excluding carboxylic acids is 2. The Morgan fingerprint density at radius 2 is 1.90 bits per heavy atom. The van der Waals surface area contributed by atoms with Crippen molar-refractivity contribution in [1.29, 1.82) is 0 Å². The topological polar surface area (TPSA) is 94.8 Å². The Balaban J connectivity index is 1.72. The largest absolute Gasteiger partial charge is 0.423 e. The van der Waals surface area contributed by atoms with Gasteiger partial charge >= 0.3 is 11.6 Å². The molecule has 0 aliphatic heterocycles. The summed E-state index contributed by atoms with van der Waals surface area (Å²) in [5.41, 5.74) is 0.0790. The number of nitrogens with one attached hydrogen (secondary N) is 1. The second kappa shape index (κ2) is 9.87. The summed E-state index contributed by atoms with van der Waals surface area (Å²) < 4.78 is 15.3. The maximum atomic E-state index is 12.1. The van der Waals surface area contributed by atoms with Crippen molar-refractivity contribution in [3.05, 3.63) is 81.2 Å². The summed E-state index contributed by atoms with van der Waals surface area (Å²) in [4.78, 5) is 36.3. The highest BCUT2D eigenvalue weighted by Crippen LogP contribution is 2.21. The molecule has 3 aromatic rings. The fourth-order valence-electron chi connectivity index (χ4n) is 2.56. The van der Waals surface area contributed by atoms with Crippen molar-refractivity contribution in [1.82, 2.24) is 5.32 Å². The van der Waals surface area contributed by atoms with Crippen molar-refractivity contribution in [3.63, 3.8) is 0 Å². The molecule has 0 radical (unpaired) electrons. The van der Waals surface area contributed by atoms with Crippen molar-refractivity contribution >= 4 is 40.5 Å². The lowest BCUT2D eigenvalue weighted by molar-refractivity contribution is -0.128. The average molecular weight is 428 g/mol. The standard InChI is InChI=1S/C22H18ClNO6/c1-28-11-10-24-21(26)18-12-15-5-8-17(13-19(15)30-22(18)27)29-20(25)9-4-14-2-6-16(23)7-3-14/h2-9,12-13H,10-11H2,1H3,(H,24,26)/b9-4+. The van der Waals surface area contributed by atoms with Gasteiger partial charge in [0.25, 0.3) is 5.91 Å². The summed E-state index contributed by atoms with van der Waals surface area (Å²) in [6.07, 6.45) is 2.87. The molecule has 1 N–H and O–H groups in total. The predicted octanol–water partition coefficient (Wildman–Crippen LogP) is 3.44. The highest BCUT2D eigenvalue weighted by molar-refractivity contribution is 6.30. The number of rotatable bonds is 7. The first-order valence-corrected chi connectivity index (χ1v) is 9.34. The quantitative estimate of drug-likeness (QED) is 0.204. The van der Waals surface area contributed by atoms with Gasteiger partial charge in [-0.25, -0.2) is 9.59 Å². The van der Waals surface area contributed by atoms with Crippen LogP contribution in [0.2, 0.25) is 5.02 Å². The van der Waals surface area contributed by atoms with E-state index >= 15 is 0 Å². The second-order valence-electron chi connectivity index (χ2n) is 6.20. The summed E-state index contributed by atoms with van der Waals surface area (Å²) in [5.74, 6) is -0.944. The molecule has 0 saturated heterocycles. The van der Waals surface area contributed by atoms with Crippen LogP contribution in [0.1, 0.15) is 15.9 Å². The number of methoxy groups -OCH3 is 1. The van der Waals surface area contributed by atoms with Crippen LogP contribution < -0.4 is 15.7 Å². The van der Waals surface area contributed by atoms with E-state index in [0.717, 1.165) is 5.56 Å². The Bertz CT molecular complexity index is 1150. The number of esters is 1. The smallest absolute Gasteiger partial charge is 0.349 e. The van der Waals surface area contributed by atoms with E-state index in [1.807, 2.05) is 0 Å². The molecule has 0 spiro atoms. The monoisotopic (exact) mass is 427 g/mol. The molecular weight excluding hydrogens is 410 g/mol. The lowest BCUT2D eigenvalue weighted by atomic mass is 10.1. The van der Waals surface area contributed by atoms with Gasteiger partial charge in [0.15, 0.2) is 0 Å². The van der Waals surface area contributed by atoms with Gasteiger partial charge in [-0.05, 0) is 42.0 Å². The Kier molecular flexibility index (Phi) is 7.00. The molecule has 0 unspecified atom stereocenters. The van der Waals surface area contributed by atoms with E-state index in [-0.39, 0.29) is 23.4 Å². The zero-order valence-corrected chi connectivity index (χ0v) is 16.8. The summed E-state index contributed by atoms with van der Waals surface area (Å²) >= 11 is 5.82. The minimum Gasteiger partial charge on any atom is -0.423 e. The normalized spacial score (nSPS) is 11.0. The van der Waals surface area contributed by atoms with Crippen LogP contribution in [0.25, 0.3) is 17.0 Å². The van der Waals surface area contributed by atoms with Crippen LogP contribution in [-0.4, -0.2) is 32.1 Å². The van der Waals surface area contributed by atoms with E-state index < -0.39 is 17.5 Å². The van der Waals surface area contributed by atoms with Gasteiger partial charge in [0.2, 0.25) is 0 Å². The molecule has 1 aromatic heterocycles. The molecule has 3 rings (SSSR count). The molecule has 0 saturated carbocycles. The zero-order valence-electron chi connectivity index (χ0n) is 16.0. The van der Waals surface area contributed by atoms with Gasteiger partial charge in [0.1, 0.15) is 16.9 Å². The molecule has 1 amide bonds. The van der Waals surface area contributed by atoms with Crippen molar-refractivity contribution in [2.75, 3.05) is 20.3 Å². The lowest BCUT2D eigenvalue weighted by Gasteiger charge is -2.06. The van der Waals surface area contributed by atoms with Crippen LogP contribution in [0.3, 0.4) is 0 Å². The molecule has 154 valence electrons. The number of ether oxygens (including phenoxy) is 2. The molecule has 0 aliphatic rings. The third-order valence-electron chi connectivity index (χ3n) is 4.04. The Hall–Kier alpha value is -3.42. The third-order valence-corrected chi connectivity index (χ3v) is 4.30. The first-order valence-electron chi connectivity index (χ1n) is 8.97. The van der Waals surface area contributed by atoms with Gasteiger partial charge in [0.05, 0.1) is 6.61 Å². The van der Waals surface area contributed by atoms with Gasteiger partial charge in [-0.1, -0.05) is 23.7 Å². The van der Waals surface area contributed by atoms with E-state index in [1.54, 1.807) is 42.5 Å². The number of hydrogen-bond donors (Lipinski definition) is 1. The molecule has 1 heterocycles. The molecule has 0 fully saturated rings. The molecule has 0 bridgehead atoms. The minimum absolute atomic E-state index is 0.116. The van der Waals surface area contributed by atoms with Crippen LogP contribution in [-0.2, 0) is 9.53 Å². The minimum atomic E-state index is -0.788. The first-order chi connectivity index (χ1) is 14.5. The fraction of sp³-hybridized carbons (Fsp3) is 0.136. The summed E-state index contributed by atoms with van der Waals surface area (Å²) in [7, 11) is 1.51. The molecule has 0 aliphatic carbocycles. The number of benzene rings is 2. The first kappa shape index (κ1) is 21.3. The third kappa shape index (κ3) is 5.56. The summed E-state index contributed by atoms with van der Waals surface area (Å²) in [6.45, 7) is 0.594. The van der Waals surface area contributed by atoms with Crippen molar-refractivity contribution in [2.24, 2.45) is 0 Å². The summed E-state index contributed by atoms with van der Waals surface area (Å²) in [5, 5.41) is 3.68. The Morgan fingerprint density at radius 1 is 1.13 bits per heavy atom. The highest BCUT2D eigenvalue weighted by Gasteiger charge is 2.14. The van der Waals surface area contributed by atoms with Crippen LogP contribution in [0.4, 0.5) is 0 Å². The van der Waals surface area contributed by atoms with E-state index in [4.69, 9.17) is 25.5 Å². The van der Waals surface area contributed by atoms with E-state index in [9.17, 15) is 14.4 Å². The molecule has 30 heavy (non-hydrogen) atoms. The molecule has 8 heteroatoms. The van der Waals surface area contributed by atoms with Crippen molar-refractivity contribution in [2.45, 2.75) is 0 Å². The predicted molar refractivity (Wildman–Crippen MR) is 113 cm³/mol. The number of halogens is 1. The Morgan fingerprint density at radius 3 is 2.63 bits per heavy atom. The number of carbonyl (C=O) groups is 2. The van der Waals surface area contributed by atoms with E-state index in [0.29, 0.717) is 17.0 Å². The SMILES string of the molecule is COCCNC(=O)c1cc2ccc(OC(=O)/C=C/c3ccc(Cl)cc3)cc2oc1=O. The van der Waals surface area contributed by atoms with E-state index in [2.05, 4.69) is 5.32 Å². The number of fused-ring (bicyclic) bond motifs is 1. The Labute approximate surface area is 176 Å².